The van der Waals surface area contributed by atoms with E-state index in [1.807, 2.05) is 0 Å². The fraction of sp³-hybridized carbons (Fsp3) is 0.476. The molecule has 0 aliphatic carbocycles. The first-order valence-corrected chi connectivity index (χ1v) is 10.5. The average Bonchev–Trinajstić information content (AvgIpc) is 2.98. The Morgan fingerprint density at radius 1 is 1.00 bits per heavy atom. The summed E-state index contributed by atoms with van der Waals surface area (Å²) in [6.45, 7) is 5.09. The van der Waals surface area contributed by atoms with E-state index in [4.69, 9.17) is 4.74 Å². The lowest BCUT2D eigenvalue weighted by Crippen LogP contribution is -2.42. The van der Waals surface area contributed by atoms with Gasteiger partial charge in [0.1, 0.15) is 5.60 Å². The topological polar surface area (TPSA) is 177 Å². The highest BCUT2D eigenvalue weighted by Gasteiger charge is 2.36. The number of amides is 5. The number of non-ortho nitro benzene ring substituents is 1. The minimum Gasteiger partial charge on any atom is -0.444 e. The molecular formula is C21H27N5O8. The van der Waals surface area contributed by atoms with Crippen LogP contribution in [0.4, 0.5) is 10.5 Å². The van der Waals surface area contributed by atoms with Crippen LogP contribution in [0.2, 0.25) is 0 Å². The number of hydrogen-bond donors (Lipinski definition) is 3. The maximum atomic E-state index is 12.4. The van der Waals surface area contributed by atoms with Gasteiger partial charge in [0.05, 0.1) is 22.6 Å². The van der Waals surface area contributed by atoms with Crippen molar-refractivity contribution in [2.75, 3.05) is 26.2 Å². The molecule has 5 amide bonds. The van der Waals surface area contributed by atoms with Crippen molar-refractivity contribution in [3.63, 3.8) is 0 Å². The summed E-state index contributed by atoms with van der Waals surface area (Å²) in [5.41, 5.74) is -0.892. The second-order valence-electron chi connectivity index (χ2n) is 8.41. The Kier molecular flexibility index (Phi) is 8.64. The number of benzene rings is 1. The van der Waals surface area contributed by atoms with Gasteiger partial charge in [-0.2, -0.15) is 0 Å². The Balaban J connectivity index is 1.64. The van der Waals surface area contributed by atoms with E-state index in [1.165, 1.54) is 6.07 Å². The molecule has 1 aliphatic heterocycles. The fourth-order valence-electron chi connectivity index (χ4n) is 3.01. The van der Waals surface area contributed by atoms with Gasteiger partial charge in [0.25, 0.3) is 17.5 Å². The van der Waals surface area contributed by atoms with Crippen molar-refractivity contribution in [3.8, 4) is 0 Å². The van der Waals surface area contributed by atoms with Crippen molar-refractivity contribution in [3.05, 3.63) is 39.4 Å². The first-order chi connectivity index (χ1) is 15.9. The van der Waals surface area contributed by atoms with Crippen molar-refractivity contribution in [1.82, 2.24) is 20.9 Å². The molecule has 0 saturated heterocycles. The number of nitrogens with zero attached hydrogens (tertiary/aromatic N) is 2. The van der Waals surface area contributed by atoms with Crippen LogP contribution in [0.5, 0.6) is 0 Å². The first kappa shape index (κ1) is 26.2. The average molecular weight is 477 g/mol. The van der Waals surface area contributed by atoms with Crippen molar-refractivity contribution < 1.29 is 33.6 Å². The van der Waals surface area contributed by atoms with Crippen LogP contribution in [0.25, 0.3) is 0 Å². The summed E-state index contributed by atoms with van der Waals surface area (Å²) >= 11 is 0. The molecule has 0 spiro atoms. The van der Waals surface area contributed by atoms with Crippen molar-refractivity contribution in [2.24, 2.45) is 0 Å². The van der Waals surface area contributed by atoms with Crippen LogP contribution in [-0.4, -0.2) is 71.3 Å². The van der Waals surface area contributed by atoms with Crippen LogP contribution in [0.1, 0.15) is 54.3 Å². The van der Waals surface area contributed by atoms with E-state index in [9.17, 15) is 34.1 Å². The Morgan fingerprint density at radius 2 is 1.62 bits per heavy atom. The molecule has 34 heavy (non-hydrogen) atoms. The number of imide groups is 1. The Bertz CT molecular complexity index is 1000. The Morgan fingerprint density at radius 3 is 2.24 bits per heavy atom. The van der Waals surface area contributed by atoms with Gasteiger partial charge in [-0.15, -0.1) is 0 Å². The minimum atomic E-state index is -0.716. The number of fused-ring (bicyclic) bond motifs is 1. The molecule has 1 aromatic carbocycles. The van der Waals surface area contributed by atoms with Crippen molar-refractivity contribution in [2.45, 2.75) is 39.2 Å². The molecule has 0 bridgehead atoms. The maximum Gasteiger partial charge on any atom is 0.408 e. The summed E-state index contributed by atoms with van der Waals surface area (Å²) < 4.78 is 5.01. The third-order valence-electron chi connectivity index (χ3n) is 4.51. The summed E-state index contributed by atoms with van der Waals surface area (Å²) in [6, 6.07) is 3.48. The molecule has 184 valence electrons. The van der Waals surface area contributed by atoms with Gasteiger partial charge in [-0.1, -0.05) is 0 Å². The van der Waals surface area contributed by atoms with Gasteiger partial charge in [0.2, 0.25) is 11.8 Å². The van der Waals surface area contributed by atoms with E-state index >= 15 is 0 Å². The second-order valence-corrected chi connectivity index (χ2v) is 8.41. The fourth-order valence-corrected chi connectivity index (χ4v) is 3.01. The largest absolute Gasteiger partial charge is 0.444 e. The van der Waals surface area contributed by atoms with Crippen molar-refractivity contribution in [1.29, 1.82) is 0 Å². The molecule has 0 unspecified atom stereocenters. The lowest BCUT2D eigenvalue weighted by atomic mass is 10.1. The molecule has 1 heterocycles. The van der Waals surface area contributed by atoms with Crippen LogP contribution in [-0.2, 0) is 14.3 Å². The molecule has 0 radical (unpaired) electrons. The van der Waals surface area contributed by atoms with Crippen LogP contribution < -0.4 is 16.0 Å². The van der Waals surface area contributed by atoms with E-state index in [0.717, 1.165) is 17.0 Å². The molecule has 1 aromatic rings. The molecule has 2 rings (SSSR count). The third-order valence-corrected chi connectivity index (χ3v) is 4.51. The zero-order valence-corrected chi connectivity index (χ0v) is 19.1. The zero-order valence-electron chi connectivity index (χ0n) is 19.1. The summed E-state index contributed by atoms with van der Waals surface area (Å²) in [4.78, 5) is 71.1. The van der Waals surface area contributed by atoms with E-state index in [2.05, 4.69) is 16.0 Å². The summed E-state index contributed by atoms with van der Waals surface area (Å²) in [5.74, 6) is -1.98. The number of rotatable bonds is 10. The zero-order chi connectivity index (χ0) is 25.5. The third kappa shape index (κ3) is 7.53. The summed E-state index contributed by atoms with van der Waals surface area (Å²) in [7, 11) is 0. The quantitative estimate of drug-likeness (QED) is 0.191. The van der Waals surface area contributed by atoms with Gasteiger partial charge >= 0.3 is 6.09 Å². The first-order valence-electron chi connectivity index (χ1n) is 10.5. The van der Waals surface area contributed by atoms with Crippen LogP contribution >= 0.6 is 0 Å². The van der Waals surface area contributed by atoms with E-state index < -0.39 is 34.3 Å². The highest BCUT2D eigenvalue weighted by molar-refractivity contribution is 6.21. The lowest BCUT2D eigenvalue weighted by molar-refractivity contribution is -0.384. The number of carbonyl (C=O) groups excluding carboxylic acids is 5. The Labute approximate surface area is 195 Å². The van der Waals surface area contributed by atoms with E-state index in [-0.39, 0.29) is 61.7 Å². The van der Waals surface area contributed by atoms with Crippen molar-refractivity contribution >= 4 is 35.4 Å². The SMILES string of the molecule is CC(C)(C)OC(=O)NCC(=O)NCCNC(=O)CCCN1C(=O)c2ccc([N+](=O)[O-])cc2C1=O. The number of nitro groups is 1. The summed E-state index contributed by atoms with van der Waals surface area (Å²) in [6.07, 6.45) is -0.486. The van der Waals surface area contributed by atoms with E-state index in [1.54, 1.807) is 20.8 Å². The number of nitrogens with one attached hydrogen (secondary N) is 3. The number of hydrogen-bond acceptors (Lipinski definition) is 8. The van der Waals surface area contributed by atoms with Gasteiger partial charge in [0.15, 0.2) is 0 Å². The number of nitro benzene ring substituents is 1. The molecule has 13 nitrogen and oxygen atoms in total. The smallest absolute Gasteiger partial charge is 0.408 e. The van der Waals surface area contributed by atoms with Crippen LogP contribution in [0.15, 0.2) is 18.2 Å². The minimum absolute atomic E-state index is 0.0133. The Hall–Kier alpha value is -4.03. The summed E-state index contributed by atoms with van der Waals surface area (Å²) in [5, 5.41) is 18.3. The standard InChI is InChI=1S/C21H27N5O8/c1-21(2,3)34-20(31)24-12-17(28)23-9-8-22-16(27)5-4-10-25-18(29)14-7-6-13(26(32)33)11-15(14)19(25)30/h6-7,11H,4-5,8-10,12H2,1-3H3,(H,22,27)(H,23,28)(H,24,31). The highest BCUT2D eigenvalue weighted by atomic mass is 16.6. The van der Waals surface area contributed by atoms with E-state index in [0.29, 0.717) is 0 Å². The van der Waals surface area contributed by atoms with Gasteiger partial charge in [-0.25, -0.2) is 4.79 Å². The molecule has 0 fully saturated rings. The molecule has 0 atom stereocenters. The van der Waals surface area contributed by atoms with Gasteiger partial charge in [-0.3, -0.25) is 34.2 Å². The molecule has 0 aromatic heterocycles. The van der Waals surface area contributed by atoms with Gasteiger partial charge < -0.3 is 20.7 Å². The normalized spacial score (nSPS) is 12.7. The molecular weight excluding hydrogens is 450 g/mol. The predicted molar refractivity (Wildman–Crippen MR) is 118 cm³/mol. The number of ether oxygens (including phenoxy) is 1. The monoisotopic (exact) mass is 477 g/mol. The molecule has 1 aliphatic rings. The predicted octanol–water partition coefficient (Wildman–Crippen LogP) is 0.728. The second kappa shape index (κ2) is 11.2. The van der Waals surface area contributed by atoms with Crippen LogP contribution in [0, 0.1) is 10.1 Å². The molecule has 13 heteroatoms. The lowest BCUT2D eigenvalue weighted by Gasteiger charge is -2.19. The van der Waals surface area contributed by atoms with Crippen LogP contribution in [0.3, 0.4) is 0 Å². The van der Waals surface area contributed by atoms with Gasteiger partial charge in [0, 0.05) is 38.2 Å². The number of alkyl carbamates (subject to hydrolysis) is 1. The molecule has 0 saturated carbocycles. The van der Waals surface area contributed by atoms with Gasteiger partial charge in [-0.05, 0) is 33.3 Å². The maximum absolute atomic E-state index is 12.4. The number of carbonyl (C=O) groups is 5. The molecule has 3 N–H and O–H groups in total. The highest BCUT2D eigenvalue weighted by Crippen LogP contribution is 2.26.